The first-order valence-corrected chi connectivity index (χ1v) is 10.3. The second-order valence-corrected chi connectivity index (χ2v) is 9.02. The van der Waals surface area contributed by atoms with Crippen LogP contribution in [-0.2, 0) is 5.54 Å². The summed E-state index contributed by atoms with van der Waals surface area (Å²) < 4.78 is 76.0. The molecule has 2 aromatic carbocycles. The van der Waals surface area contributed by atoms with Crippen LogP contribution >= 0.6 is 11.8 Å². The fraction of sp³-hybridized carbons (Fsp3) is 0.238. The number of halogens is 5. The average molecular weight is 501 g/mol. The molecule has 0 spiro atoms. The first-order chi connectivity index (χ1) is 15.7. The minimum absolute atomic E-state index is 0.0747. The molecular weight excluding hydrogens is 485 g/mol. The number of rotatable bonds is 5. The van der Waals surface area contributed by atoms with Gasteiger partial charge in [0.25, 0.3) is 5.69 Å². The number of non-ortho nitro benzene ring substituents is 1. The molecule has 0 N–H and O–H groups in total. The Labute approximate surface area is 193 Å². The largest absolute Gasteiger partial charge is 0.403 e. The van der Waals surface area contributed by atoms with Crippen molar-refractivity contribution in [2.24, 2.45) is 0 Å². The summed E-state index contributed by atoms with van der Waals surface area (Å²) in [6.45, 7) is 6.38. The van der Waals surface area contributed by atoms with Crippen LogP contribution in [0.15, 0.2) is 34.1 Å². The molecule has 0 aliphatic carbocycles. The Morgan fingerprint density at radius 2 is 1.59 bits per heavy atom. The van der Waals surface area contributed by atoms with Gasteiger partial charge in [0.1, 0.15) is 0 Å². The number of hydrogen-bond acceptors (Lipinski definition) is 6. The summed E-state index contributed by atoms with van der Waals surface area (Å²) in [5, 5.41) is 15.2. The first kappa shape index (κ1) is 25.1. The molecule has 1 heterocycles. The van der Waals surface area contributed by atoms with E-state index in [0.29, 0.717) is 0 Å². The van der Waals surface area contributed by atoms with E-state index in [0.717, 1.165) is 12.1 Å². The third kappa shape index (κ3) is 4.60. The zero-order chi connectivity index (χ0) is 25.5. The normalized spacial score (nSPS) is 11.6. The SMILES string of the molecule is Cc1nn(C(C)(C)C)c(OC(=O)c2cccc([N+](=O)[O-])c2)c1Sc1c(F)c(F)c(F)c(F)c1F. The number of ether oxygens (including phenoxy) is 1. The molecule has 180 valence electrons. The fourth-order valence-corrected chi connectivity index (χ4v) is 3.79. The molecule has 0 unspecified atom stereocenters. The Balaban J connectivity index is 2.13. The van der Waals surface area contributed by atoms with Gasteiger partial charge < -0.3 is 4.74 Å². The van der Waals surface area contributed by atoms with E-state index >= 15 is 0 Å². The van der Waals surface area contributed by atoms with Gasteiger partial charge in [0.15, 0.2) is 23.3 Å². The lowest BCUT2D eigenvalue weighted by atomic mass is 10.1. The third-order valence-corrected chi connectivity index (χ3v) is 5.69. The van der Waals surface area contributed by atoms with E-state index in [1.54, 1.807) is 20.8 Å². The maximum atomic E-state index is 14.3. The van der Waals surface area contributed by atoms with E-state index in [1.165, 1.54) is 23.7 Å². The van der Waals surface area contributed by atoms with Gasteiger partial charge >= 0.3 is 5.97 Å². The number of nitro benzene ring substituents is 1. The number of carbonyl (C=O) groups is 1. The van der Waals surface area contributed by atoms with Crippen LogP contribution in [0.2, 0.25) is 0 Å². The highest BCUT2D eigenvalue weighted by Crippen LogP contribution is 2.43. The van der Waals surface area contributed by atoms with Crippen molar-refractivity contribution < 1.29 is 36.4 Å². The highest BCUT2D eigenvalue weighted by Gasteiger charge is 2.32. The number of esters is 1. The molecule has 0 saturated carbocycles. The quantitative estimate of drug-likeness (QED) is 0.108. The Hall–Kier alpha value is -3.48. The van der Waals surface area contributed by atoms with E-state index < -0.39 is 50.4 Å². The maximum Gasteiger partial charge on any atom is 0.345 e. The number of nitro groups is 1. The molecule has 3 rings (SSSR count). The lowest BCUT2D eigenvalue weighted by Gasteiger charge is -2.22. The standard InChI is InChI=1S/C21H16F5N3O4S/c1-9-17(34-18-15(25)13(23)12(22)14(24)16(18)26)19(28(27-9)21(2,3)4)33-20(30)10-6-5-7-11(8-10)29(31)32/h5-8H,1-4H3. The van der Waals surface area contributed by atoms with Crippen LogP contribution in [0.5, 0.6) is 5.88 Å². The molecular formula is C21H16F5N3O4S. The highest BCUT2D eigenvalue weighted by atomic mass is 32.2. The van der Waals surface area contributed by atoms with Crippen LogP contribution in [0, 0.1) is 46.1 Å². The van der Waals surface area contributed by atoms with Gasteiger partial charge in [0.05, 0.1) is 31.5 Å². The lowest BCUT2D eigenvalue weighted by molar-refractivity contribution is -0.384. The number of aryl methyl sites for hydroxylation is 1. The molecule has 0 aliphatic heterocycles. The van der Waals surface area contributed by atoms with Crippen LogP contribution in [0.3, 0.4) is 0 Å². The smallest absolute Gasteiger partial charge is 0.345 e. The second kappa shape index (κ2) is 9.05. The number of aromatic nitrogens is 2. The van der Waals surface area contributed by atoms with Crippen LogP contribution in [0.4, 0.5) is 27.6 Å². The van der Waals surface area contributed by atoms with E-state index in [4.69, 9.17) is 4.74 Å². The Kier molecular flexibility index (Phi) is 6.69. The van der Waals surface area contributed by atoms with Crippen molar-refractivity contribution in [3.63, 3.8) is 0 Å². The van der Waals surface area contributed by atoms with Crippen molar-refractivity contribution in [3.05, 3.63) is 74.7 Å². The topological polar surface area (TPSA) is 87.3 Å². The van der Waals surface area contributed by atoms with E-state index in [9.17, 15) is 36.9 Å². The van der Waals surface area contributed by atoms with Gasteiger partial charge in [-0.2, -0.15) is 5.10 Å². The molecule has 3 aromatic rings. The Bertz CT molecular complexity index is 1290. The molecule has 0 bridgehead atoms. The van der Waals surface area contributed by atoms with Crippen LogP contribution in [0.25, 0.3) is 0 Å². The number of hydrogen-bond donors (Lipinski definition) is 0. The van der Waals surface area contributed by atoms with E-state index in [2.05, 4.69) is 5.10 Å². The van der Waals surface area contributed by atoms with Crippen molar-refractivity contribution in [1.29, 1.82) is 0 Å². The predicted octanol–water partition coefficient (Wildman–Crippen LogP) is 5.92. The Morgan fingerprint density at radius 3 is 2.12 bits per heavy atom. The molecule has 0 atom stereocenters. The van der Waals surface area contributed by atoms with Crippen LogP contribution < -0.4 is 4.74 Å². The van der Waals surface area contributed by atoms with Crippen molar-refractivity contribution in [1.82, 2.24) is 9.78 Å². The van der Waals surface area contributed by atoms with Gasteiger partial charge in [-0.15, -0.1) is 0 Å². The predicted molar refractivity (Wildman–Crippen MR) is 110 cm³/mol. The lowest BCUT2D eigenvalue weighted by Crippen LogP contribution is -2.25. The van der Waals surface area contributed by atoms with Gasteiger partial charge in [-0.05, 0) is 33.8 Å². The average Bonchev–Trinajstić information content (AvgIpc) is 3.09. The monoisotopic (exact) mass is 501 g/mol. The van der Waals surface area contributed by atoms with Crippen molar-refractivity contribution >= 4 is 23.4 Å². The number of carbonyl (C=O) groups excluding carboxylic acids is 1. The van der Waals surface area contributed by atoms with Crippen LogP contribution in [0.1, 0.15) is 36.8 Å². The highest BCUT2D eigenvalue weighted by molar-refractivity contribution is 7.99. The van der Waals surface area contributed by atoms with Gasteiger partial charge in [0.2, 0.25) is 11.7 Å². The summed E-state index contributed by atoms with van der Waals surface area (Å²) >= 11 is 0.148. The summed E-state index contributed by atoms with van der Waals surface area (Å²) in [6, 6.07) is 4.62. The fourth-order valence-electron chi connectivity index (χ4n) is 2.82. The summed E-state index contributed by atoms with van der Waals surface area (Å²) in [5.41, 5.74) is -1.37. The van der Waals surface area contributed by atoms with E-state index in [1.807, 2.05) is 0 Å². The molecule has 0 fully saturated rings. The molecule has 0 amide bonds. The molecule has 1 aromatic heterocycles. The second-order valence-electron chi connectivity index (χ2n) is 8.00. The zero-order valence-corrected chi connectivity index (χ0v) is 18.9. The first-order valence-electron chi connectivity index (χ1n) is 9.50. The molecule has 0 aliphatic rings. The summed E-state index contributed by atoms with van der Waals surface area (Å²) in [4.78, 5) is 21.6. The van der Waals surface area contributed by atoms with Crippen LogP contribution in [-0.4, -0.2) is 20.7 Å². The summed E-state index contributed by atoms with van der Waals surface area (Å²) in [7, 11) is 0. The summed E-state index contributed by atoms with van der Waals surface area (Å²) in [5.74, 6) is -12.1. The van der Waals surface area contributed by atoms with Gasteiger partial charge in [-0.25, -0.2) is 31.4 Å². The molecule has 0 saturated heterocycles. The molecule has 13 heteroatoms. The number of nitrogens with zero attached hydrogens (tertiary/aromatic N) is 3. The molecule has 7 nitrogen and oxygen atoms in total. The van der Waals surface area contributed by atoms with E-state index in [-0.39, 0.29) is 39.5 Å². The van der Waals surface area contributed by atoms with Crippen molar-refractivity contribution in [2.45, 2.75) is 43.0 Å². The third-order valence-electron chi connectivity index (χ3n) is 4.46. The molecule has 34 heavy (non-hydrogen) atoms. The minimum Gasteiger partial charge on any atom is -0.403 e. The maximum absolute atomic E-state index is 14.3. The van der Waals surface area contributed by atoms with Gasteiger partial charge in [0, 0.05) is 12.1 Å². The number of benzene rings is 2. The van der Waals surface area contributed by atoms with Gasteiger partial charge in [-0.1, -0.05) is 17.8 Å². The van der Waals surface area contributed by atoms with Crippen molar-refractivity contribution in [2.75, 3.05) is 0 Å². The minimum atomic E-state index is -2.31. The summed E-state index contributed by atoms with van der Waals surface area (Å²) in [6.07, 6.45) is 0. The zero-order valence-electron chi connectivity index (χ0n) is 18.1. The Morgan fingerprint density at radius 1 is 1.03 bits per heavy atom. The van der Waals surface area contributed by atoms with Crippen molar-refractivity contribution in [3.8, 4) is 5.88 Å². The molecule has 0 radical (unpaired) electrons. The van der Waals surface area contributed by atoms with Gasteiger partial charge in [-0.3, -0.25) is 10.1 Å².